The Balaban J connectivity index is 1.71. The number of carbonyl (C=O) groups excluding carboxylic acids is 2. The number of halogens is 1. The molecule has 0 saturated carbocycles. The number of benzene rings is 2. The van der Waals surface area contributed by atoms with E-state index in [9.17, 15) is 9.59 Å². The maximum Gasteiger partial charge on any atom is 0.251 e. The zero-order chi connectivity index (χ0) is 17.4. The molecule has 2 rings (SSSR count). The highest BCUT2D eigenvalue weighted by Crippen LogP contribution is 2.10. The maximum atomic E-state index is 11.9. The maximum absolute atomic E-state index is 11.9. The van der Waals surface area contributed by atoms with Gasteiger partial charge in [0.2, 0.25) is 5.91 Å². The van der Waals surface area contributed by atoms with E-state index in [4.69, 9.17) is 11.6 Å². The molecule has 0 aliphatic rings. The third-order valence-electron chi connectivity index (χ3n) is 3.61. The van der Waals surface area contributed by atoms with Crippen LogP contribution in [0.3, 0.4) is 0 Å². The van der Waals surface area contributed by atoms with Gasteiger partial charge in [-0.2, -0.15) is 0 Å². The Morgan fingerprint density at radius 3 is 2.54 bits per heavy atom. The zero-order valence-electron chi connectivity index (χ0n) is 13.6. The van der Waals surface area contributed by atoms with Crippen molar-refractivity contribution in [2.24, 2.45) is 0 Å². The van der Waals surface area contributed by atoms with Crippen molar-refractivity contribution in [3.05, 3.63) is 70.7 Å². The van der Waals surface area contributed by atoms with Crippen LogP contribution < -0.4 is 10.6 Å². The lowest BCUT2D eigenvalue weighted by Crippen LogP contribution is -2.41. The van der Waals surface area contributed by atoms with E-state index in [0.717, 1.165) is 12.8 Å². The van der Waals surface area contributed by atoms with Crippen LogP contribution in [0, 0.1) is 0 Å². The van der Waals surface area contributed by atoms with Crippen LogP contribution >= 0.6 is 11.6 Å². The van der Waals surface area contributed by atoms with E-state index in [1.54, 1.807) is 24.3 Å². The summed E-state index contributed by atoms with van der Waals surface area (Å²) in [4.78, 5) is 23.9. The highest BCUT2D eigenvalue weighted by atomic mass is 35.5. The predicted molar refractivity (Wildman–Crippen MR) is 96.2 cm³/mol. The van der Waals surface area contributed by atoms with Crippen LogP contribution in [0.4, 0.5) is 0 Å². The van der Waals surface area contributed by atoms with Gasteiger partial charge in [-0.3, -0.25) is 9.59 Å². The molecule has 4 nitrogen and oxygen atoms in total. The van der Waals surface area contributed by atoms with E-state index < -0.39 is 0 Å². The third kappa shape index (κ3) is 6.05. The molecule has 0 radical (unpaired) electrons. The molecule has 2 aromatic carbocycles. The Morgan fingerprint density at radius 1 is 1.08 bits per heavy atom. The van der Waals surface area contributed by atoms with Crippen LogP contribution in [0.2, 0.25) is 5.02 Å². The van der Waals surface area contributed by atoms with Crippen LogP contribution in [-0.4, -0.2) is 24.4 Å². The van der Waals surface area contributed by atoms with Crippen LogP contribution in [0.5, 0.6) is 0 Å². The van der Waals surface area contributed by atoms with E-state index in [1.165, 1.54) is 5.56 Å². The van der Waals surface area contributed by atoms with Gasteiger partial charge < -0.3 is 10.6 Å². The van der Waals surface area contributed by atoms with E-state index in [0.29, 0.717) is 10.6 Å². The van der Waals surface area contributed by atoms with Gasteiger partial charge in [0, 0.05) is 16.6 Å². The molecule has 2 aromatic rings. The Bertz CT molecular complexity index is 689. The van der Waals surface area contributed by atoms with Crippen molar-refractivity contribution in [1.29, 1.82) is 0 Å². The summed E-state index contributed by atoms with van der Waals surface area (Å²) in [6.07, 6.45) is 1.75. The quantitative estimate of drug-likeness (QED) is 0.810. The molecule has 0 bridgehead atoms. The van der Waals surface area contributed by atoms with Crippen molar-refractivity contribution in [3.63, 3.8) is 0 Å². The highest BCUT2D eigenvalue weighted by molar-refractivity contribution is 6.30. The standard InChI is InChI=1S/C19H21ClN2O2/c1-14(10-11-15-6-3-2-4-7-15)22-18(23)13-21-19(24)16-8-5-9-17(20)12-16/h2-9,12,14H,10-11,13H2,1H3,(H,21,24)(H,22,23)/t14-/m0/s1. The first-order valence-corrected chi connectivity index (χ1v) is 8.29. The van der Waals surface area contributed by atoms with E-state index in [1.807, 2.05) is 25.1 Å². The SMILES string of the molecule is C[C@@H](CCc1ccccc1)NC(=O)CNC(=O)c1cccc(Cl)c1. The fourth-order valence-electron chi connectivity index (χ4n) is 2.32. The van der Waals surface area contributed by atoms with E-state index in [-0.39, 0.29) is 24.4 Å². The largest absolute Gasteiger partial charge is 0.352 e. The minimum absolute atomic E-state index is 0.0424. The molecule has 2 N–H and O–H groups in total. The second-order valence-corrected chi connectivity index (χ2v) is 6.12. The van der Waals surface area contributed by atoms with Gasteiger partial charge >= 0.3 is 0 Å². The van der Waals surface area contributed by atoms with Gasteiger partial charge in [-0.1, -0.05) is 48.0 Å². The van der Waals surface area contributed by atoms with Gasteiger partial charge in [-0.25, -0.2) is 0 Å². The van der Waals surface area contributed by atoms with Crippen molar-refractivity contribution in [2.75, 3.05) is 6.54 Å². The Morgan fingerprint density at radius 2 is 1.83 bits per heavy atom. The number of carbonyl (C=O) groups is 2. The molecule has 126 valence electrons. The minimum Gasteiger partial charge on any atom is -0.352 e. The Kier molecular flexibility index (Phi) is 6.82. The lowest BCUT2D eigenvalue weighted by Gasteiger charge is -2.14. The second-order valence-electron chi connectivity index (χ2n) is 5.69. The van der Waals surface area contributed by atoms with Crippen molar-refractivity contribution in [2.45, 2.75) is 25.8 Å². The molecule has 0 aliphatic carbocycles. The van der Waals surface area contributed by atoms with Crippen LogP contribution in [0.1, 0.15) is 29.3 Å². The molecule has 24 heavy (non-hydrogen) atoms. The summed E-state index contributed by atoms with van der Waals surface area (Å²) in [5.41, 5.74) is 1.68. The summed E-state index contributed by atoms with van der Waals surface area (Å²) in [5.74, 6) is -0.518. The molecule has 0 aliphatic heterocycles. The topological polar surface area (TPSA) is 58.2 Å². The minimum atomic E-state index is -0.315. The number of hydrogen-bond donors (Lipinski definition) is 2. The summed E-state index contributed by atoms with van der Waals surface area (Å²) >= 11 is 5.85. The first-order valence-electron chi connectivity index (χ1n) is 7.91. The van der Waals surface area contributed by atoms with Crippen molar-refractivity contribution < 1.29 is 9.59 Å². The summed E-state index contributed by atoms with van der Waals surface area (Å²) in [6, 6.07) is 16.8. The lowest BCUT2D eigenvalue weighted by molar-refractivity contribution is -0.120. The van der Waals surface area contributed by atoms with E-state index >= 15 is 0 Å². The summed E-state index contributed by atoms with van der Waals surface area (Å²) in [7, 11) is 0. The third-order valence-corrected chi connectivity index (χ3v) is 3.85. The zero-order valence-corrected chi connectivity index (χ0v) is 14.3. The van der Waals surface area contributed by atoms with Gasteiger partial charge in [0.25, 0.3) is 5.91 Å². The summed E-state index contributed by atoms with van der Waals surface area (Å²) < 4.78 is 0. The molecule has 2 amide bonds. The average molecular weight is 345 g/mol. The smallest absolute Gasteiger partial charge is 0.251 e. The molecular weight excluding hydrogens is 324 g/mol. The van der Waals surface area contributed by atoms with Gasteiger partial charge in [-0.15, -0.1) is 0 Å². The second kappa shape index (κ2) is 9.08. The van der Waals surface area contributed by atoms with E-state index in [2.05, 4.69) is 22.8 Å². The Labute approximate surface area is 147 Å². The lowest BCUT2D eigenvalue weighted by atomic mass is 10.1. The number of aryl methyl sites for hydroxylation is 1. The van der Waals surface area contributed by atoms with Crippen LogP contribution in [-0.2, 0) is 11.2 Å². The van der Waals surface area contributed by atoms with Gasteiger partial charge in [0.15, 0.2) is 0 Å². The molecular formula is C19H21ClN2O2. The molecule has 5 heteroatoms. The number of nitrogens with one attached hydrogen (secondary N) is 2. The normalized spacial score (nSPS) is 11.6. The molecule has 0 spiro atoms. The van der Waals surface area contributed by atoms with Crippen molar-refractivity contribution in [1.82, 2.24) is 10.6 Å². The van der Waals surface area contributed by atoms with Crippen molar-refractivity contribution in [3.8, 4) is 0 Å². The summed E-state index contributed by atoms with van der Waals surface area (Å²) in [6.45, 7) is 1.90. The Hall–Kier alpha value is -2.33. The number of amides is 2. The van der Waals surface area contributed by atoms with Gasteiger partial charge in [0.1, 0.15) is 0 Å². The monoisotopic (exact) mass is 344 g/mol. The predicted octanol–water partition coefficient (Wildman–Crippen LogP) is 3.21. The fourth-order valence-corrected chi connectivity index (χ4v) is 2.51. The molecule has 0 saturated heterocycles. The van der Waals surface area contributed by atoms with Crippen LogP contribution in [0.15, 0.2) is 54.6 Å². The molecule has 0 fully saturated rings. The summed E-state index contributed by atoms with van der Waals surface area (Å²) in [5, 5.41) is 5.97. The average Bonchev–Trinajstić information content (AvgIpc) is 2.59. The molecule has 1 atom stereocenters. The van der Waals surface area contributed by atoms with Gasteiger partial charge in [-0.05, 0) is 43.5 Å². The molecule has 0 aromatic heterocycles. The van der Waals surface area contributed by atoms with Gasteiger partial charge in [0.05, 0.1) is 6.54 Å². The highest BCUT2D eigenvalue weighted by Gasteiger charge is 2.10. The number of rotatable bonds is 7. The van der Waals surface area contributed by atoms with Crippen molar-refractivity contribution >= 4 is 23.4 Å². The first kappa shape index (κ1) is 18.0. The first-order chi connectivity index (χ1) is 11.5. The molecule has 0 heterocycles. The molecule has 0 unspecified atom stereocenters. The van der Waals surface area contributed by atoms with Crippen LogP contribution in [0.25, 0.3) is 0 Å². The number of hydrogen-bond acceptors (Lipinski definition) is 2. The fraction of sp³-hybridized carbons (Fsp3) is 0.263.